The van der Waals surface area contributed by atoms with Crippen LogP contribution in [0.4, 0.5) is 10.8 Å². The number of para-hydroxylation sites is 1. The van der Waals surface area contributed by atoms with Gasteiger partial charge in [-0.15, -0.1) is 0 Å². The summed E-state index contributed by atoms with van der Waals surface area (Å²) >= 11 is 1.44. The van der Waals surface area contributed by atoms with Crippen LogP contribution >= 0.6 is 11.3 Å². The van der Waals surface area contributed by atoms with Crippen molar-refractivity contribution in [1.82, 2.24) is 4.98 Å². The smallest absolute Gasteiger partial charge is 0.257 e. The van der Waals surface area contributed by atoms with Crippen molar-refractivity contribution in [1.29, 1.82) is 0 Å². The van der Waals surface area contributed by atoms with E-state index >= 15 is 0 Å². The highest BCUT2D eigenvalue weighted by Crippen LogP contribution is 2.34. The minimum atomic E-state index is -0.238. The Kier molecular flexibility index (Phi) is 5.91. The molecule has 0 saturated heterocycles. The summed E-state index contributed by atoms with van der Waals surface area (Å²) in [5.74, 6) is 0.456. The number of benzene rings is 3. The van der Waals surface area contributed by atoms with E-state index in [1.54, 1.807) is 42.4 Å². The number of anilines is 2. The quantitative estimate of drug-likeness (QED) is 0.284. The zero-order chi connectivity index (χ0) is 21.8. The summed E-state index contributed by atoms with van der Waals surface area (Å²) in [5.41, 5.74) is 2.91. The van der Waals surface area contributed by atoms with Gasteiger partial charge in [-0.05, 0) is 67.1 Å². The Morgan fingerprint density at radius 1 is 1.00 bits per heavy atom. The minimum Gasteiger partial charge on any atom is -0.497 e. The van der Waals surface area contributed by atoms with Gasteiger partial charge in [-0.1, -0.05) is 35.6 Å². The monoisotopic (exact) mass is 428 g/mol. The van der Waals surface area contributed by atoms with Crippen LogP contribution in [0.5, 0.6) is 5.75 Å². The molecule has 0 aliphatic heterocycles. The Bertz CT molecular complexity index is 1240. The first-order chi connectivity index (χ1) is 15.0. The number of rotatable bonds is 6. The van der Waals surface area contributed by atoms with Gasteiger partial charge in [-0.2, -0.15) is 0 Å². The van der Waals surface area contributed by atoms with Crippen LogP contribution in [0.3, 0.4) is 0 Å². The Hall–Kier alpha value is -3.77. The first-order valence-corrected chi connectivity index (χ1v) is 10.5. The van der Waals surface area contributed by atoms with Crippen LogP contribution in [-0.2, 0) is 4.79 Å². The van der Waals surface area contributed by atoms with Crippen LogP contribution in [0.1, 0.15) is 22.8 Å². The predicted molar refractivity (Wildman–Crippen MR) is 125 cm³/mol. The average molecular weight is 429 g/mol. The van der Waals surface area contributed by atoms with Gasteiger partial charge in [0.2, 0.25) is 0 Å². The van der Waals surface area contributed by atoms with Gasteiger partial charge in [0.05, 0.1) is 23.0 Å². The number of ether oxygens (including phenoxy) is 1. The van der Waals surface area contributed by atoms with Crippen LogP contribution in [0, 0.1) is 0 Å². The van der Waals surface area contributed by atoms with E-state index in [0.29, 0.717) is 16.4 Å². The van der Waals surface area contributed by atoms with E-state index < -0.39 is 0 Å². The molecule has 4 aromatic rings. The van der Waals surface area contributed by atoms with Gasteiger partial charge >= 0.3 is 0 Å². The molecule has 0 N–H and O–H groups in total. The van der Waals surface area contributed by atoms with Gasteiger partial charge in [0.15, 0.2) is 10.9 Å². The number of nitrogens with zero attached hydrogens (tertiary/aromatic N) is 2. The van der Waals surface area contributed by atoms with Gasteiger partial charge in [-0.3, -0.25) is 14.5 Å². The number of carbonyl (C=O) groups excluding carboxylic acids is 2. The number of aromatic nitrogens is 1. The number of thiazole rings is 1. The summed E-state index contributed by atoms with van der Waals surface area (Å²) in [6, 6.07) is 22.2. The van der Waals surface area contributed by atoms with Crippen molar-refractivity contribution in [3.8, 4) is 5.75 Å². The molecule has 1 amide bonds. The number of amides is 1. The van der Waals surface area contributed by atoms with E-state index in [2.05, 4.69) is 4.98 Å². The minimum absolute atomic E-state index is 0.0256. The summed E-state index contributed by atoms with van der Waals surface area (Å²) in [6.07, 6.45) is 3.26. The lowest BCUT2D eigenvalue weighted by Crippen LogP contribution is -2.23. The van der Waals surface area contributed by atoms with Crippen molar-refractivity contribution in [2.24, 2.45) is 0 Å². The van der Waals surface area contributed by atoms with Crippen LogP contribution in [0.15, 0.2) is 78.9 Å². The van der Waals surface area contributed by atoms with Gasteiger partial charge in [-0.25, -0.2) is 4.98 Å². The number of fused-ring (bicyclic) bond motifs is 1. The molecule has 0 fully saturated rings. The summed E-state index contributed by atoms with van der Waals surface area (Å²) < 4.78 is 6.24. The molecular formula is C25H20N2O3S. The second-order valence-corrected chi connectivity index (χ2v) is 7.86. The van der Waals surface area contributed by atoms with Crippen LogP contribution in [0.25, 0.3) is 16.3 Å². The lowest BCUT2D eigenvalue weighted by Gasteiger charge is -2.18. The maximum Gasteiger partial charge on any atom is 0.257 e. The van der Waals surface area contributed by atoms with E-state index in [1.807, 2.05) is 48.5 Å². The molecule has 154 valence electrons. The second-order valence-electron chi connectivity index (χ2n) is 6.85. The normalized spacial score (nSPS) is 11.0. The molecule has 1 heterocycles. The third-order valence-corrected chi connectivity index (χ3v) is 5.76. The predicted octanol–water partition coefficient (Wildman–Crippen LogP) is 5.89. The lowest BCUT2D eigenvalue weighted by molar-refractivity contribution is -0.113. The second kappa shape index (κ2) is 8.93. The molecule has 0 radical (unpaired) electrons. The Labute approximate surface area is 184 Å². The Morgan fingerprint density at radius 2 is 1.77 bits per heavy atom. The summed E-state index contributed by atoms with van der Waals surface area (Å²) in [4.78, 5) is 31.1. The molecular weight excluding hydrogens is 408 g/mol. The fourth-order valence-electron chi connectivity index (χ4n) is 3.12. The third kappa shape index (κ3) is 4.54. The summed E-state index contributed by atoms with van der Waals surface area (Å²) in [5, 5.41) is 0.567. The molecule has 0 spiro atoms. The van der Waals surface area contributed by atoms with E-state index in [-0.39, 0.29) is 11.7 Å². The standard InChI is InChI=1S/C25H20N2O3S/c1-17(28)19-11-13-20(14-12-19)27(25-26-22-8-3-4-9-23(22)31-25)24(29)15-10-18-6-5-7-21(16-18)30-2/h3-16H,1-2H3/b15-10+. The molecule has 6 heteroatoms. The molecule has 0 saturated carbocycles. The van der Waals surface area contributed by atoms with E-state index in [4.69, 9.17) is 4.74 Å². The molecule has 0 unspecified atom stereocenters. The molecule has 0 aliphatic rings. The Balaban J connectivity index is 1.72. The zero-order valence-electron chi connectivity index (χ0n) is 17.1. The Morgan fingerprint density at radius 3 is 2.48 bits per heavy atom. The maximum atomic E-state index is 13.3. The van der Waals surface area contributed by atoms with E-state index in [9.17, 15) is 9.59 Å². The SMILES string of the molecule is COc1cccc(/C=C/C(=O)N(c2ccc(C(C)=O)cc2)c2nc3ccccc3s2)c1. The third-order valence-electron chi connectivity index (χ3n) is 4.74. The molecule has 0 bridgehead atoms. The highest BCUT2D eigenvalue weighted by atomic mass is 32.1. The summed E-state index contributed by atoms with van der Waals surface area (Å²) in [6.45, 7) is 1.52. The van der Waals surface area contributed by atoms with E-state index in [0.717, 1.165) is 21.5 Å². The summed E-state index contributed by atoms with van der Waals surface area (Å²) in [7, 11) is 1.60. The van der Waals surface area contributed by atoms with Crippen molar-refractivity contribution < 1.29 is 14.3 Å². The van der Waals surface area contributed by atoms with Crippen molar-refractivity contribution in [2.75, 3.05) is 12.0 Å². The van der Waals surface area contributed by atoms with Crippen LogP contribution in [0.2, 0.25) is 0 Å². The number of carbonyl (C=O) groups is 2. The van der Waals surface area contributed by atoms with Gasteiger partial charge in [0, 0.05) is 11.6 Å². The van der Waals surface area contributed by atoms with Gasteiger partial charge < -0.3 is 4.74 Å². The topological polar surface area (TPSA) is 59.5 Å². The number of methoxy groups -OCH3 is 1. The van der Waals surface area contributed by atoms with Gasteiger partial charge in [0.25, 0.3) is 5.91 Å². The first kappa shape index (κ1) is 20.5. The largest absolute Gasteiger partial charge is 0.497 e. The average Bonchev–Trinajstić information content (AvgIpc) is 3.22. The zero-order valence-corrected chi connectivity index (χ0v) is 17.9. The van der Waals surface area contributed by atoms with Crippen molar-refractivity contribution in [3.63, 3.8) is 0 Å². The fourth-order valence-corrected chi connectivity index (χ4v) is 4.11. The highest BCUT2D eigenvalue weighted by Gasteiger charge is 2.20. The fraction of sp³-hybridized carbons (Fsp3) is 0.0800. The molecule has 4 rings (SSSR count). The molecule has 5 nitrogen and oxygen atoms in total. The molecule has 1 aromatic heterocycles. The number of ketones is 1. The maximum absolute atomic E-state index is 13.3. The van der Waals surface area contributed by atoms with Crippen molar-refractivity contribution >= 4 is 50.1 Å². The molecule has 31 heavy (non-hydrogen) atoms. The van der Waals surface area contributed by atoms with Crippen LogP contribution in [-0.4, -0.2) is 23.8 Å². The molecule has 0 aliphatic carbocycles. The van der Waals surface area contributed by atoms with Crippen molar-refractivity contribution in [2.45, 2.75) is 6.92 Å². The van der Waals surface area contributed by atoms with E-state index in [1.165, 1.54) is 24.3 Å². The lowest BCUT2D eigenvalue weighted by atomic mass is 10.1. The first-order valence-electron chi connectivity index (χ1n) is 9.68. The number of hydrogen-bond acceptors (Lipinski definition) is 5. The van der Waals surface area contributed by atoms with Crippen molar-refractivity contribution in [3.05, 3.63) is 90.0 Å². The van der Waals surface area contributed by atoms with Gasteiger partial charge in [0.1, 0.15) is 5.75 Å². The van der Waals surface area contributed by atoms with Crippen LogP contribution < -0.4 is 9.64 Å². The molecule has 3 aromatic carbocycles. The number of Topliss-reactive ketones (excluding diaryl/α,β-unsaturated/α-hetero) is 1. The highest BCUT2D eigenvalue weighted by molar-refractivity contribution is 7.22. The number of hydrogen-bond donors (Lipinski definition) is 0. The molecule has 0 atom stereocenters.